The van der Waals surface area contributed by atoms with Crippen LogP contribution in [0.4, 0.5) is 4.79 Å². The fourth-order valence-electron chi connectivity index (χ4n) is 0.934. The number of sulfone groups is 1. The lowest BCUT2D eigenvalue weighted by Crippen LogP contribution is -2.17. The molecule has 1 aliphatic heterocycles. The van der Waals surface area contributed by atoms with Crippen molar-refractivity contribution in [3.63, 3.8) is 0 Å². The van der Waals surface area contributed by atoms with Crippen molar-refractivity contribution in [3.05, 3.63) is 11.1 Å². The molecule has 8 nitrogen and oxygen atoms in total. The average molecular weight is 306 g/mol. The van der Waals surface area contributed by atoms with Gasteiger partial charge in [-0.25, -0.2) is 13.2 Å². The Labute approximate surface area is 103 Å². The van der Waals surface area contributed by atoms with E-state index in [4.69, 9.17) is 16.3 Å². The van der Waals surface area contributed by atoms with Crippen molar-refractivity contribution in [1.82, 2.24) is 4.42 Å². The van der Waals surface area contributed by atoms with Gasteiger partial charge in [0.2, 0.25) is 0 Å². The predicted octanol–water partition coefficient (Wildman–Crippen LogP) is -0.264. The van der Waals surface area contributed by atoms with Gasteiger partial charge in [0, 0.05) is 11.8 Å². The molecule has 0 saturated carbocycles. The summed E-state index contributed by atoms with van der Waals surface area (Å²) < 4.78 is 56.8. The smallest absolute Gasteiger partial charge is 0.429 e. The number of carbonyl (C=O) groups is 1. The van der Waals surface area contributed by atoms with E-state index < -0.39 is 37.6 Å². The normalized spacial score (nSPS) is 19.8. The molecule has 0 radical (unpaired) electrons. The number of carbonyl (C=O) groups excluding carboxylic acids is 1. The lowest BCUT2D eigenvalue weighted by atomic mass is 10.6. The van der Waals surface area contributed by atoms with Gasteiger partial charge in [-0.3, -0.25) is 4.55 Å². The second-order valence-electron chi connectivity index (χ2n) is 3.10. The van der Waals surface area contributed by atoms with Gasteiger partial charge in [-0.15, -0.1) is 0 Å². The molecule has 1 saturated heterocycles. The van der Waals surface area contributed by atoms with Crippen LogP contribution in [-0.4, -0.2) is 50.0 Å². The largest absolute Gasteiger partial charge is 0.442 e. The van der Waals surface area contributed by atoms with Crippen molar-refractivity contribution in [2.75, 3.05) is 18.1 Å². The van der Waals surface area contributed by atoms with Crippen LogP contribution in [0.15, 0.2) is 11.1 Å². The summed E-state index contributed by atoms with van der Waals surface area (Å²) in [5.41, 5.74) is -0.119. The van der Waals surface area contributed by atoms with E-state index in [1.807, 2.05) is 0 Å². The average Bonchev–Trinajstić information content (AvgIpc) is 2.46. The number of halogens is 1. The highest BCUT2D eigenvalue weighted by atomic mass is 35.5. The van der Waals surface area contributed by atoms with Crippen LogP contribution in [0.1, 0.15) is 0 Å². The third-order valence-electron chi connectivity index (χ3n) is 1.70. The Bertz CT molecular complexity index is 549. The molecule has 1 aliphatic rings. The first kappa shape index (κ1) is 14.2. The van der Waals surface area contributed by atoms with Crippen LogP contribution in [0.3, 0.4) is 0 Å². The summed E-state index contributed by atoms with van der Waals surface area (Å²) in [6.07, 6.45) is -0.914. The molecule has 1 N–H and O–H groups in total. The van der Waals surface area contributed by atoms with E-state index >= 15 is 0 Å². The van der Waals surface area contributed by atoms with Crippen LogP contribution in [-0.2, 0) is 24.7 Å². The van der Waals surface area contributed by atoms with Gasteiger partial charge < -0.3 is 4.74 Å². The van der Waals surface area contributed by atoms with Crippen LogP contribution in [0.5, 0.6) is 0 Å². The molecule has 0 aliphatic carbocycles. The Kier molecular flexibility index (Phi) is 4.02. The number of rotatable bonds is 4. The van der Waals surface area contributed by atoms with Gasteiger partial charge in [-0.1, -0.05) is 0 Å². The maximum Gasteiger partial charge on any atom is 0.429 e. The van der Waals surface area contributed by atoms with Gasteiger partial charge in [-0.2, -0.15) is 12.8 Å². The minimum atomic E-state index is -4.37. The highest BCUT2D eigenvalue weighted by molar-refractivity contribution is 7.95. The van der Waals surface area contributed by atoms with Crippen molar-refractivity contribution in [3.8, 4) is 0 Å². The Hall–Kier alpha value is -0.840. The highest BCUT2D eigenvalue weighted by Crippen LogP contribution is 2.19. The van der Waals surface area contributed by atoms with Crippen LogP contribution >= 0.6 is 11.8 Å². The zero-order chi connectivity index (χ0) is 13.3. The third kappa shape index (κ3) is 4.50. The first-order valence-corrected chi connectivity index (χ1v) is 7.78. The van der Waals surface area contributed by atoms with Crippen molar-refractivity contribution in [2.45, 2.75) is 0 Å². The zero-order valence-corrected chi connectivity index (χ0v) is 10.6. The van der Waals surface area contributed by atoms with Crippen LogP contribution in [0.25, 0.3) is 0 Å². The molecular formula is C6H8ClNO7S2. The standard InChI is InChI=1S/C6H8ClNO7S2/c7-8-5(3-15-6(8)9)4-16(10,11)1-2-17(12,13)14/h4H,1-3H2,(H,12,13,14)/b5-4+. The van der Waals surface area contributed by atoms with Gasteiger partial charge in [-0.05, 0) is 0 Å². The molecule has 0 spiro atoms. The summed E-state index contributed by atoms with van der Waals surface area (Å²) in [6.45, 7) is -0.312. The molecule has 1 rings (SSSR count). The molecule has 98 valence electrons. The lowest BCUT2D eigenvalue weighted by molar-refractivity contribution is 0.170. The molecule has 11 heteroatoms. The molecule has 0 aromatic rings. The first-order valence-electron chi connectivity index (χ1n) is 4.12. The molecule has 1 heterocycles. The number of hydrogen-bond acceptors (Lipinski definition) is 6. The van der Waals surface area contributed by atoms with Crippen molar-refractivity contribution < 1.29 is 30.9 Å². The summed E-state index contributed by atoms with van der Waals surface area (Å²) in [5.74, 6) is -1.75. The van der Waals surface area contributed by atoms with E-state index in [0.717, 1.165) is 0 Å². The molecule has 0 aromatic carbocycles. The first-order chi connectivity index (χ1) is 7.61. The summed E-state index contributed by atoms with van der Waals surface area (Å²) in [5, 5.41) is 0.635. The topological polar surface area (TPSA) is 118 Å². The SMILES string of the molecule is O=C1OC/C(=C\S(=O)(=O)CCS(=O)(=O)O)N1Cl. The van der Waals surface area contributed by atoms with Gasteiger partial charge in [0.1, 0.15) is 6.61 Å². The Balaban J connectivity index is 2.80. The molecule has 0 atom stereocenters. The summed E-state index contributed by atoms with van der Waals surface area (Å²) in [4.78, 5) is 10.8. The van der Waals surface area contributed by atoms with E-state index in [2.05, 4.69) is 4.74 Å². The fraction of sp³-hybridized carbons (Fsp3) is 0.500. The van der Waals surface area contributed by atoms with Crippen LogP contribution in [0, 0.1) is 0 Å². The minimum absolute atomic E-state index is 0.119. The predicted molar refractivity (Wildman–Crippen MR) is 57.3 cm³/mol. The van der Waals surface area contributed by atoms with Gasteiger partial charge >= 0.3 is 6.09 Å². The number of amides is 1. The van der Waals surface area contributed by atoms with E-state index in [0.29, 0.717) is 9.83 Å². The number of ether oxygens (including phenoxy) is 1. The highest BCUT2D eigenvalue weighted by Gasteiger charge is 2.28. The van der Waals surface area contributed by atoms with Gasteiger partial charge in [0.05, 0.1) is 22.6 Å². The van der Waals surface area contributed by atoms with Gasteiger partial charge in [0.25, 0.3) is 10.1 Å². The third-order valence-corrected chi connectivity index (χ3v) is 4.44. The molecule has 0 bridgehead atoms. The van der Waals surface area contributed by atoms with E-state index in [9.17, 15) is 21.6 Å². The van der Waals surface area contributed by atoms with E-state index in [1.54, 1.807) is 0 Å². The minimum Gasteiger partial charge on any atom is -0.442 e. The summed E-state index contributed by atoms with van der Waals surface area (Å²) in [7, 11) is -8.28. The molecule has 1 fully saturated rings. The second kappa shape index (κ2) is 4.80. The Morgan fingerprint density at radius 2 is 1.94 bits per heavy atom. The second-order valence-corrected chi connectivity index (χ2v) is 6.98. The lowest BCUT2D eigenvalue weighted by Gasteiger charge is -2.03. The maximum atomic E-state index is 11.4. The molecule has 0 unspecified atom stereocenters. The van der Waals surface area contributed by atoms with Crippen molar-refractivity contribution in [1.29, 1.82) is 0 Å². The van der Waals surface area contributed by atoms with E-state index in [-0.39, 0.29) is 12.3 Å². The molecule has 0 aromatic heterocycles. The number of hydrogen-bond donors (Lipinski definition) is 1. The van der Waals surface area contributed by atoms with Gasteiger partial charge in [0.15, 0.2) is 9.84 Å². The summed E-state index contributed by atoms with van der Waals surface area (Å²) >= 11 is 5.38. The van der Waals surface area contributed by atoms with Crippen LogP contribution < -0.4 is 0 Å². The molecule has 1 amide bonds. The van der Waals surface area contributed by atoms with Crippen molar-refractivity contribution in [2.24, 2.45) is 0 Å². The Morgan fingerprint density at radius 3 is 2.35 bits per heavy atom. The quantitative estimate of drug-likeness (QED) is 0.561. The number of cyclic esters (lactones) is 1. The maximum absolute atomic E-state index is 11.4. The number of nitrogens with zero attached hydrogens (tertiary/aromatic N) is 1. The Morgan fingerprint density at radius 1 is 1.35 bits per heavy atom. The summed E-state index contributed by atoms with van der Waals surface area (Å²) in [6, 6.07) is 0. The monoisotopic (exact) mass is 305 g/mol. The fourth-order valence-corrected chi connectivity index (χ4v) is 3.62. The molecule has 17 heavy (non-hydrogen) atoms. The van der Waals surface area contributed by atoms with E-state index in [1.165, 1.54) is 0 Å². The molecular weight excluding hydrogens is 298 g/mol. The van der Waals surface area contributed by atoms with Crippen LogP contribution in [0.2, 0.25) is 0 Å². The van der Waals surface area contributed by atoms with Crippen molar-refractivity contribution >= 4 is 37.8 Å². The zero-order valence-electron chi connectivity index (χ0n) is 8.24.